The van der Waals surface area contributed by atoms with Crippen molar-refractivity contribution in [3.8, 4) is 0 Å². The summed E-state index contributed by atoms with van der Waals surface area (Å²) in [5, 5.41) is 0. The highest BCUT2D eigenvalue weighted by molar-refractivity contribution is 5.77. The predicted octanol–water partition coefficient (Wildman–Crippen LogP) is 5.99. The maximum Gasteiger partial charge on any atom is 0.312 e. The van der Waals surface area contributed by atoms with Crippen molar-refractivity contribution in [3.05, 3.63) is 0 Å². The number of carbonyl (C=O) groups excluding carboxylic acids is 1. The number of hydrogen-bond donors (Lipinski definition) is 0. The van der Waals surface area contributed by atoms with Crippen molar-refractivity contribution in [1.29, 1.82) is 0 Å². The van der Waals surface area contributed by atoms with Gasteiger partial charge in [0.25, 0.3) is 0 Å². The summed E-state index contributed by atoms with van der Waals surface area (Å²) >= 11 is 0. The topological polar surface area (TPSA) is 26.3 Å². The highest BCUT2D eigenvalue weighted by Crippen LogP contribution is 2.64. The zero-order chi connectivity index (χ0) is 18.0. The van der Waals surface area contributed by atoms with Crippen LogP contribution in [0.3, 0.4) is 0 Å². The van der Waals surface area contributed by atoms with E-state index in [1.165, 1.54) is 38.5 Å². The van der Waals surface area contributed by atoms with Crippen LogP contribution >= 0.6 is 0 Å². The number of carbonyl (C=O) groups is 1. The van der Waals surface area contributed by atoms with Gasteiger partial charge in [0.2, 0.25) is 0 Å². The second kappa shape index (κ2) is 5.48. The first-order valence-corrected chi connectivity index (χ1v) is 10.2. The smallest absolute Gasteiger partial charge is 0.312 e. The molecule has 4 aliphatic rings. The number of esters is 1. The molecule has 0 amide bonds. The van der Waals surface area contributed by atoms with E-state index in [0.717, 1.165) is 24.2 Å². The van der Waals surface area contributed by atoms with Crippen molar-refractivity contribution < 1.29 is 9.53 Å². The molecule has 0 N–H and O–H groups in total. The summed E-state index contributed by atoms with van der Waals surface area (Å²) in [5.41, 5.74) is -0.631. The third-order valence-electron chi connectivity index (χ3n) is 8.75. The summed E-state index contributed by atoms with van der Waals surface area (Å²) in [7, 11) is 0. The van der Waals surface area contributed by atoms with Gasteiger partial charge in [-0.25, -0.2) is 0 Å². The molecule has 0 aliphatic heterocycles. The SMILES string of the molecule is CCC(C)(C)C(C)(C)C(=O)OC(C)(C)C12CC3CC(CC(C3)C1)C2. The summed E-state index contributed by atoms with van der Waals surface area (Å²) in [6.45, 7) is 15.1. The third kappa shape index (κ3) is 2.63. The number of rotatable bonds is 5. The van der Waals surface area contributed by atoms with E-state index in [4.69, 9.17) is 4.74 Å². The van der Waals surface area contributed by atoms with Crippen molar-refractivity contribution in [2.24, 2.45) is 34.0 Å². The Morgan fingerprint density at radius 3 is 1.71 bits per heavy atom. The first-order valence-electron chi connectivity index (χ1n) is 10.2. The average Bonchev–Trinajstić information content (AvgIpc) is 2.44. The summed E-state index contributed by atoms with van der Waals surface area (Å²) in [6.07, 6.45) is 9.09. The zero-order valence-electron chi connectivity index (χ0n) is 17.0. The van der Waals surface area contributed by atoms with E-state index in [2.05, 4.69) is 48.5 Å². The van der Waals surface area contributed by atoms with E-state index < -0.39 is 5.41 Å². The molecule has 4 aliphatic carbocycles. The predicted molar refractivity (Wildman–Crippen MR) is 98.6 cm³/mol. The standard InChI is InChI=1S/C22H38O2/c1-8-19(2,3)20(4,5)18(23)24-21(6,7)22-12-15-9-16(13-22)11-17(10-15)14-22/h15-17H,8-14H2,1-7H3. The Balaban J connectivity index is 1.80. The molecule has 4 saturated carbocycles. The van der Waals surface area contributed by atoms with Gasteiger partial charge in [-0.3, -0.25) is 4.79 Å². The summed E-state index contributed by atoms with van der Waals surface area (Å²) in [6, 6.07) is 0. The second-order valence-electron chi connectivity index (χ2n) is 11.0. The minimum Gasteiger partial charge on any atom is -0.459 e. The molecule has 0 saturated heterocycles. The molecular formula is C22H38O2. The largest absolute Gasteiger partial charge is 0.459 e. The Morgan fingerprint density at radius 2 is 1.33 bits per heavy atom. The van der Waals surface area contributed by atoms with Gasteiger partial charge in [0.05, 0.1) is 5.41 Å². The van der Waals surface area contributed by atoms with E-state index in [-0.39, 0.29) is 22.4 Å². The number of ether oxygens (including phenoxy) is 1. The normalized spacial score (nSPS) is 36.0. The van der Waals surface area contributed by atoms with Crippen LogP contribution in [-0.4, -0.2) is 11.6 Å². The van der Waals surface area contributed by atoms with E-state index >= 15 is 0 Å². The molecule has 4 rings (SSSR count). The molecule has 0 unspecified atom stereocenters. The van der Waals surface area contributed by atoms with E-state index in [1.54, 1.807) is 0 Å². The minimum absolute atomic E-state index is 0.00454. The summed E-state index contributed by atoms with van der Waals surface area (Å²) < 4.78 is 6.34. The van der Waals surface area contributed by atoms with Gasteiger partial charge in [-0.2, -0.15) is 0 Å². The fourth-order valence-electron chi connectivity index (χ4n) is 6.03. The second-order valence-corrected chi connectivity index (χ2v) is 11.0. The highest BCUT2D eigenvalue weighted by atomic mass is 16.6. The van der Waals surface area contributed by atoms with Crippen LogP contribution < -0.4 is 0 Å². The minimum atomic E-state index is -0.457. The lowest BCUT2D eigenvalue weighted by atomic mass is 9.46. The molecule has 2 nitrogen and oxygen atoms in total. The van der Waals surface area contributed by atoms with Crippen LogP contribution in [0.1, 0.15) is 93.4 Å². The molecule has 0 aromatic rings. The zero-order valence-corrected chi connectivity index (χ0v) is 17.0. The van der Waals surface area contributed by atoms with Gasteiger partial charge in [0, 0.05) is 5.41 Å². The lowest BCUT2D eigenvalue weighted by molar-refractivity contribution is -0.211. The van der Waals surface area contributed by atoms with Crippen LogP contribution in [0.5, 0.6) is 0 Å². The average molecular weight is 335 g/mol. The van der Waals surface area contributed by atoms with Crippen molar-refractivity contribution in [2.45, 2.75) is 99.0 Å². The Kier molecular flexibility index (Phi) is 4.17. The van der Waals surface area contributed by atoms with Gasteiger partial charge in [-0.15, -0.1) is 0 Å². The van der Waals surface area contributed by atoms with Crippen LogP contribution in [0.15, 0.2) is 0 Å². The van der Waals surface area contributed by atoms with Gasteiger partial charge < -0.3 is 4.74 Å². The number of hydrogen-bond acceptors (Lipinski definition) is 2. The third-order valence-corrected chi connectivity index (χ3v) is 8.75. The van der Waals surface area contributed by atoms with Crippen molar-refractivity contribution in [1.82, 2.24) is 0 Å². The van der Waals surface area contributed by atoms with Crippen molar-refractivity contribution in [3.63, 3.8) is 0 Å². The first kappa shape index (κ1) is 18.3. The summed E-state index contributed by atoms with van der Waals surface area (Å²) in [5.74, 6) is 2.65. The van der Waals surface area contributed by atoms with Gasteiger partial charge >= 0.3 is 5.97 Å². The van der Waals surface area contributed by atoms with E-state index in [1.807, 2.05) is 0 Å². The van der Waals surface area contributed by atoms with Crippen LogP contribution in [0.4, 0.5) is 0 Å². The molecule has 0 atom stereocenters. The Hall–Kier alpha value is -0.530. The van der Waals surface area contributed by atoms with E-state index in [9.17, 15) is 4.79 Å². The van der Waals surface area contributed by atoms with Gasteiger partial charge in [0.1, 0.15) is 5.60 Å². The first-order chi connectivity index (χ1) is 10.9. The quantitative estimate of drug-likeness (QED) is 0.577. The Bertz CT molecular complexity index is 477. The molecular weight excluding hydrogens is 296 g/mol. The fraction of sp³-hybridized carbons (Fsp3) is 0.955. The Labute approximate surface area is 149 Å². The van der Waals surface area contributed by atoms with Gasteiger partial charge in [0.15, 0.2) is 0 Å². The van der Waals surface area contributed by atoms with Crippen molar-refractivity contribution in [2.75, 3.05) is 0 Å². The Morgan fingerprint density at radius 1 is 0.917 bits per heavy atom. The van der Waals surface area contributed by atoms with Crippen molar-refractivity contribution >= 4 is 5.97 Å². The molecule has 138 valence electrons. The molecule has 0 aromatic heterocycles. The molecule has 2 heteroatoms. The van der Waals surface area contributed by atoms with Gasteiger partial charge in [-0.05, 0) is 95.8 Å². The molecule has 4 bridgehead atoms. The maximum atomic E-state index is 13.2. The van der Waals surface area contributed by atoms with Crippen LogP contribution in [0, 0.1) is 34.0 Å². The molecule has 0 heterocycles. The van der Waals surface area contributed by atoms with Crippen LogP contribution in [0.2, 0.25) is 0 Å². The fourth-order valence-corrected chi connectivity index (χ4v) is 6.03. The molecule has 0 spiro atoms. The van der Waals surface area contributed by atoms with Gasteiger partial charge in [-0.1, -0.05) is 20.8 Å². The van der Waals surface area contributed by atoms with Crippen LogP contribution in [0.25, 0.3) is 0 Å². The molecule has 4 fully saturated rings. The summed E-state index contributed by atoms with van der Waals surface area (Å²) in [4.78, 5) is 13.2. The lowest BCUT2D eigenvalue weighted by Gasteiger charge is -2.62. The maximum absolute atomic E-state index is 13.2. The highest BCUT2D eigenvalue weighted by Gasteiger charge is 2.59. The molecule has 24 heavy (non-hydrogen) atoms. The molecule has 0 radical (unpaired) electrons. The van der Waals surface area contributed by atoms with E-state index in [0.29, 0.717) is 0 Å². The molecule has 0 aromatic carbocycles. The van der Waals surface area contributed by atoms with Crippen LogP contribution in [-0.2, 0) is 9.53 Å². The lowest BCUT2D eigenvalue weighted by Crippen LogP contribution is -2.58. The monoisotopic (exact) mass is 334 g/mol.